The van der Waals surface area contributed by atoms with Crippen molar-refractivity contribution in [1.82, 2.24) is 10.3 Å². The zero-order valence-electron chi connectivity index (χ0n) is 34.2. The van der Waals surface area contributed by atoms with Gasteiger partial charge >= 0.3 is 0 Å². The van der Waals surface area contributed by atoms with Gasteiger partial charge < -0.3 is 54.1 Å². The summed E-state index contributed by atoms with van der Waals surface area (Å²) in [7, 11) is 2.76. The van der Waals surface area contributed by atoms with Crippen molar-refractivity contribution in [3.8, 4) is 17.2 Å². The number of aliphatic hydroxyl groups excluding tert-OH is 2. The zero-order chi connectivity index (χ0) is 45.9. The van der Waals surface area contributed by atoms with Gasteiger partial charge in [0.05, 0.1) is 77.3 Å². The Morgan fingerprint density at radius 3 is 2.42 bits per heavy atom. The van der Waals surface area contributed by atoms with Crippen molar-refractivity contribution >= 4 is 52.3 Å². The molecule has 6 N–H and O–H groups in total. The van der Waals surface area contributed by atoms with E-state index in [0.717, 1.165) is 24.3 Å². The highest BCUT2D eigenvalue weighted by Crippen LogP contribution is 2.53. The van der Waals surface area contributed by atoms with Gasteiger partial charge in [0.2, 0.25) is 5.78 Å². The molecular weight excluding hydrogens is 867 g/mol. The van der Waals surface area contributed by atoms with Crippen LogP contribution < -0.4 is 15.1 Å². The molecule has 5 atom stereocenters. The van der Waals surface area contributed by atoms with Crippen LogP contribution in [0, 0.1) is 5.82 Å². The number of imide groups is 1. The summed E-state index contributed by atoms with van der Waals surface area (Å²) < 4.78 is 44.3. The van der Waals surface area contributed by atoms with Gasteiger partial charge in [0.1, 0.15) is 34.7 Å². The largest absolute Gasteiger partial charge is 0.508 e. The molecule has 2 aliphatic carbocycles. The summed E-state index contributed by atoms with van der Waals surface area (Å²) in [6.07, 6.45) is -3.85. The van der Waals surface area contributed by atoms with Gasteiger partial charge in [0.25, 0.3) is 17.7 Å². The molecule has 0 aromatic heterocycles. The minimum absolute atomic E-state index is 0.0303. The number of amides is 3. The van der Waals surface area contributed by atoms with Crippen LogP contribution in [0.5, 0.6) is 17.2 Å². The summed E-state index contributed by atoms with van der Waals surface area (Å²) >= 11 is 6.19. The molecule has 0 spiro atoms. The number of ether oxygens (including phenoxy) is 5. The number of hydrogen-bond acceptors (Lipinski definition) is 17. The van der Waals surface area contributed by atoms with E-state index in [0.29, 0.717) is 17.1 Å². The van der Waals surface area contributed by atoms with E-state index in [-0.39, 0.29) is 53.3 Å². The summed E-state index contributed by atoms with van der Waals surface area (Å²) in [5, 5.41) is 61.5. The second-order valence-corrected chi connectivity index (χ2v) is 15.8. The Labute approximate surface area is 367 Å². The van der Waals surface area contributed by atoms with Crippen LogP contribution in [0.3, 0.4) is 0 Å². The molecule has 21 heteroatoms. The maximum atomic E-state index is 15.4. The van der Waals surface area contributed by atoms with E-state index in [4.69, 9.17) is 35.3 Å². The SMILES string of the molecule is COc1cccc2c1C(=O)c1c(O)c3c(c(O)c1C2=O)C[C@@](O)(/C(CO)=N/NC(=O)c1ccc(N2C(=O)C=CC2=O)c(F)c1Cl)C[C@@H]3O[C@H]1CC(N2CCO[C@H](OC)C2)=C(O)[C@H](C)O1. The number of fused-ring (bicyclic) bond motifs is 3. The summed E-state index contributed by atoms with van der Waals surface area (Å²) in [6, 6.07) is 6.26. The average Bonchev–Trinajstić information content (AvgIpc) is 3.61. The smallest absolute Gasteiger partial charge is 0.272 e. The van der Waals surface area contributed by atoms with Crippen LogP contribution in [0.4, 0.5) is 10.1 Å². The Morgan fingerprint density at radius 1 is 1.02 bits per heavy atom. The Balaban J connectivity index is 1.18. The van der Waals surface area contributed by atoms with Crippen molar-refractivity contribution in [2.45, 2.75) is 56.6 Å². The zero-order valence-corrected chi connectivity index (χ0v) is 35.0. The first-order chi connectivity index (χ1) is 30.5. The lowest BCUT2D eigenvalue weighted by Crippen LogP contribution is -2.49. The van der Waals surface area contributed by atoms with Gasteiger partial charge in [0, 0.05) is 61.8 Å². The third kappa shape index (κ3) is 7.35. The number of rotatable bonds is 10. The normalized spacial score (nSPS) is 24.5. The fourth-order valence-corrected chi connectivity index (χ4v) is 8.89. The molecule has 3 aromatic carbocycles. The van der Waals surface area contributed by atoms with Crippen LogP contribution in [-0.4, -0.2) is 130 Å². The van der Waals surface area contributed by atoms with E-state index in [1.807, 2.05) is 4.90 Å². The molecule has 0 saturated carbocycles. The Morgan fingerprint density at radius 2 is 1.73 bits per heavy atom. The molecule has 0 radical (unpaired) electrons. The van der Waals surface area contributed by atoms with Crippen LogP contribution in [0.2, 0.25) is 5.02 Å². The Kier molecular flexibility index (Phi) is 11.8. The van der Waals surface area contributed by atoms with Gasteiger partial charge in [-0.25, -0.2) is 14.7 Å². The molecule has 5 aliphatic rings. The monoisotopic (exact) mass is 906 g/mol. The van der Waals surface area contributed by atoms with Crippen molar-refractivity contribution in [2.75, 3.05) is 45.4 Å². The van der Waals surface area contributed by atoms with Crippen molar-refractivity contribution in [2.24, 2.45) is 5.10 Å². The number of phenolic OH excluding ortho intramolecular Hbond substituents is 2. The highest BCUT2D eigenvalue weighted by molar-refractivity contribution is 6.35. The molecule has 1 fully saturated rings. The molecule has 3 aromatic rings. The number of aliphatic hydroxyl groups is 3. The second-order valence-electron chi connectivity index (χ2n) is 15.4. The van der Waals surface area contributed by atoms with Crippen molar-refractivity contribution < 1.29 is 77.6 Å². The second kappa shape index (κ2) is 17.0. The maximum absolute atomic E-state index is 15.4. The van der Waals surface area contributed by atoms with Crippen LogP contribution in [0.1, 0.15) is 79.2 Å². The van der Waals surface area contributed by atoms with Crippen LogP contribution in [-0.2, 0) is 35.0 Å². The number of morpholine rings is 1. The Hall–Kier alpha value is -6.26. The summed E-state index contributed by atoms with van der Waals surface area (Å²) in [5.74, 6) is -7.44. The number of methoxy groups -OCH3 is 2. The van der Waals surface area contributed by atoms with Crippen molar-refractivity contribution in [3.05, 3.63) is 104 Å². The van der Waals surface area contributed by atoms with Gasteiger partial charge in [-0.3, -0.25) is 24.0 Å². The summed E-state index contributed by atoms with van der Waals surface area (Å²) in [5.41, 5.74) is -3.35. The molecule has 19 nitrogen and oxygen atoms in total. The van der Waals surface area contributed by atoms with E-state index in [1.165, 1.54) is 32.4 Å². The maximum Gasteiger partial charge on any atom is 0.272 e. The summed E-state index contributed by atoms with van der Waals surface area (Å²) in [4.78, 5) is 68.4. The number of benzene rings is 3. The van der Waals surface area contributed by atoms with E-state index < -0.39 is 130 Å². The number of hydrazone groups is 1. The van der Waals surface area contributed by atoms with Crippen molar-refractivity contribution in [3.63, 3.8) is 0 Å². The highest BCUT2D eigenvalue weighted by atomic mass is 35.5. The molecule has 64 heavy (non-hydrogen) atoms. The van der Waals surface area contributed by atoms with E-state index in [9.17, 15) is 49.5 Å². The predicted octanol–water partition coefficient (Wildman–Crippen LogP) is 2.83. The van der Waals surface area contributed by atoms with Crippen LogP contribution in [0.25, 0.3) is 0 Å². The van der Waals surface area contributed by atoms with Crippen molar-refractivity contribution in [1.29, 1.82) is 0 Å². The van der Waals surface area contributed by atoms with Crippen LogP contribution in [0.15, 0.2) is 59.0 Å². The molecule has 3 heterocycles. The molecule has 336 valence electrons. The third-order valence-electron chi connectivity index (χ3n) is 11.8. The van der Waals surface area contributed by atoms with Gasteiger partial charge in [-0.15, -0.1) is 0 Å². The lowest BCUT2D eigenvalue weighted by molar-refractivity contribution is -0.213. The first kappa shape index (κ1) is 44.4. The summed E-state index contributed by atoms with van der Waals surface area (Å²) in [6.45, 7) is 1.38. The average molecular weight is 907 g/mol. The molecule has 0 bridgehead atoms. The fraction of sp³-hybridized carbons (Fsp3) is 0.349. The number of ketones is 2. The number of halogens is 2. The van der Waals surface area contributed by atoms with Crippen LogP contribution >= 0.6 is 11.6 Å². The number of anilines is 1. The molecule has 8 rings (SSSR count). The lowest BCUT2D eigenvalue weighted by atomic mass is 9.71. The molecule has 1 saturated heterocycles. The first-order valence-corrected chi connectivity index (χ1v) is 20.1. The van der Waals surface area contributed by atoms with Gasteiger partial charge in [-0.2, -0.15) is 5.10 Å². The van der Waals surface area contributed by atoms with Gasteiger partial charge in [-0.1, -0.05) is 23.7 Å². The minimum Gasteiger partial charge on any atom is -0.508 e. The standard InChI is InChI=1S/C43H40ClFN4O15/c1-18-37(53)23(48-11-12-62-30(16-48)61-3)13-29(63-18)64-25-15-43(59,26(17-50)46-47-42(58)20-7-8-22(36(45)35(20)44)49-27(51)9-10-28(49)52)14-21-32(25)41(57)34-33(39(21)55)38(54)19-5-4-6-24(60-2)31(19)40(34)56/h4-10,18,25,29-30,50,53,55,57,59H,11-17H2,1-3H3,(H,47,58)/b46-26+/t18-,25-,29-,30-,43-/m0/s1. The van der Waals surface area contributed by atoms with E-state index >= 15 is 4.39 Å². The molecular formula is C43H40ClFN4O15. The minimum atomic E-state index is -2.37. The number of aromatic hydroxyl groups is 2. The Bertz CT molecular complexity index is 2620. The van der Waals surface area contributed by atoms with E-state index in [2.05, 4.69) is 10.5 Å². The number of nitrogens with one attached hydrogen (secondary N) is 1. The highest BCUT2D eigenvalue weighted by Gasteiger charge is 2.50. The number of phenols is 2. The third-order valence-corrected chi connectivity index (χ3v) is 12.2. The molecule has 3 amide bonds. The first-order valence-electron chi connectivity index (χ1n) is 19.8. The number of carbonyl (C=O) groups excluding carboxylic acids is 5. The topological polar surface area (TPSA) is 264 Å². The number of nitrogens with zero attached hydrogens (tertiary/aromatic N) is 3. The number of hydrogen-bond donors (Lipinski definition) is 6. The predicted molar refractivity (Wildman–Crippen MR) is 219 cm³/mol. The van der Waals surface area contributed by atoms with Gasteiger partial charge in [-0.05, 0) is 25.1 Å². The van der Waals surface area contributed by atoms with E-state index in [1.54, 1.807) is 6.92 Å². The number of carbonyl (C=O) groups is 5. The molecule has 0 unspecified atom stereocenters. The van der Waals surface area contributed by atoms with Gasteiger partial charge in [0.15, 0.2) is 24.2 Å². The molecule has 3 aliphatic heterocycles. The lowest BCUT2D eigenvalue weighted by Gasteiger charge is -2.43. The quantitative estimate of drug-likeness (QED) is 0.0578. The fourth-order valence-electron chi connectivity index (χ4n) is 8.64.